The Morgan fingerprint density at radius 3 is 2.61 bits per heavy atom. The van der Waals surface area contributed by atoms with Crippen LogP contribution in [0.1, 0.15) is 26.2 Å². The van der Waals surface area contributed by atoms with Gasteiger partial charge in [-0.1, -0.05) is 0 Å². The summed E-state index contributed by atoms with van der Waals surface area (Å²) in [5.41, 5.74) is 0. The van der Waals surface area contributed by atoms with Crippen LogP contribution in [-0.2, 0) is 19.7 Å². The number of hydrogen-bond donors (Lipinski definition) is 2. The van der Waals surface area contributed by atoms with Gasteiger partial charge in [0.25, 0.3) is 10.2 Å². The molecule has 106 valence electrons. The van der Waals surface area contributed by atoms with Crippen molar-refractivity contribution in [2.24, 2.45) is 0 Å². The largest absolute Gasteiger partial charge is 0.481 e. The van der Waals surface area contributed by atoms with Crippen molar-refractivity contribution in [1.29, 1.82) is 0 Å². The van der Waals surface area contributed by atoms with Gasteiger partial charge in [0.05, 0.1) is 12.5 Å². The van der Waals surface area contributed by atoms with Gasteiger partial charge < -0.3 is 9.84 Å². The van der Waals surface area contributed by atoms with Crippen molar-refractivity contribution in [1.82, 2.24) is 9.03 Å². The van der Waals surface area contributed by atoms with Crippen LogP contribution < -0.4 is 4.72 Å². The molecule has 1 fully saturated rings. The first-order chi connectivity index (χ1) is 8.35. The van der Waals surface area contributed by atoms with Gasteiger partial charge in [-0.25, -0.2) is 0 Å². The molecule has 0 amide bonds. The van der Waals surface area contributed by atoms with Crippen molar-refractivity contribution in [2.75, 3.05) is 20.2 Å². The number of rotatable bonds is 8. The SMILES string of the molecule is CCOC1CC(NS(=O)(=O)N(C)CCC(=O)O)C1. The summed E-state index contributed by atoms with van der Waals surface area (Å²) in [4.78, 5) is 10.4. The molecule has 0 unspecified atom stereocenters. The number of carboxylic acids is 1. The van der Waals surface area contributed by atoms with Gasteiger partial charge in [0, 0.05) is 26.2 Å². The molecular formula is C10H20N2O5S. The van der Waals surface area contributed by atoms with Gasteiger partial charge in [-0.05, 0) is 19.8 Å². The Bertz CT molecular complexity index is 378. The quantitative estimate of drug-likeness (QED) is 0.641. The average molecular weight is 280 g/mol. The molecule has 1 aliphatic carbocycles. The summed E-state index contributed by atoms with van der Waals surface area (Å²) in [5.74, 6) is -1.02. The second-order valence-corrected chi connectivity index (χ2v) is 6.14. The molecule has 0 atom stereocenters. The van der Waals surface area contributed by atoms with Crippen LogP contribution in [0.5, 0.6) is 0 Å². The van der Waals surface area contributed by atoms with Gasteiger partial charge in [-0.3, -0.25) is 4.79 Å². The minimum absolute atomic E-state index is 0.0354. The molecule has 1 saturated carbocycles. The number of nitrogens with zero attached hydrogens (tertiary/aromatic N) is 1. The van der Waals surface area contributed by atoms with Crippen LogP contribution in [0, 0.1) is 0 Å². The van der Waals surface area contributed by atoms with Crippen LogP contribution in [0.15, 0.2) is 0 Å². The van der Waals surface area contributed by atoms with Crippen LogP contribution in [0.4, 0.5) is 0 Å². The predicted octanol–water partition coefficient (Wildman–Crippen LogP) is -0.205. The molecule has 18 heavy (non-hydrogen) atoms. The lowest BCUT2D eigenvalue weighted by atomic mass is 9.90. The maximum absolute atomic E-state index is 11.8. The van der Waals surface area contributed by atoms with Gasteiger partial charge in [0.1, 0.15) is 0 Å². The lowest BCUT2D eigenvalue weighted by Gasteiger charge is -2.35. The van der Waals surface area contributed by atoms with Crippen molar-refractivity contribution in [2.45, 2.75) is 38.3 Å². The standard InChI is InChI=1S/C10H20N2O5S/c1-3-17-9-6-8(7-9)11-18(15,16)12(2)5-4-10(13)14/h8-9,11H,3-7H2,1-2H3,(H,13,14). The van der Waals surface area contributed by atoms with Crippen LogP contribution in [0.25, 0.3) is 0 Å². The first kappa shape index (κ1) is 15.4. The molecule has 0 aromatic carbocycles. The highest BCUT2D eigenvalue weighted by Gasteiger charge is 2.33. The maximum Gasteiger partial charge on any atom is 0.304 e. The molecule has 1 aliphatic rings. The first-order valence-electron chi connectivity index (χ1n) is 5.92. The molecule has 0 aromatic rings. The number of aliphatic carboxylic acids is 1. The zero-order chi connectivity index (χ0) is 13.8. The highest BCUT2D eigenvalue weighted by molar-refractivity contribution is 7.87. The van der Waals surface area contributed by atoms with Gasteiger partial charge in [0.15, 0.2) is 0 Å². The summed E-state index contributed by atoms with van der Waals surface area (Å²) in [6.07, 6.45) is 1.26. The van der Waals surface area contributed by atoms with Crippen LogP contribution in [-0.4, -0.2) is 56.1 Å². The van der Waals surface area contributed by atoms with Crippen LogP contribution >= 0.6 is 0 Å². The fourth-order valence-electron chi connectivity index (χ4n) is 1.71. The number of hydrogen-bond acceptors (Lipinski definition) is 4. The van der Waals surface area contributed by atoms with E-state index in [2.05, 4.69) is 4.72 Å². The Balaban J connectivity index is 2.34. The van der Waals surface area contributed by atoms with Gasteiger partial charge >= 0.3 is 5.97 Å². The zero-order valence-corrected chi connectivity index (χ0v) is 11.4. The summed E-state index contributed by atoms with van der Waals surface area (Å²) in [7, 11) is -2.22. The van der Waals surface area contributed by atoms with Gasteiger partial charge in [-0.15, -0.1) is 0 Å². The Kier molecular flexibility index (Phi) is 5.51. The topological polar surface area (TPSA) is 95.9 Å². The number of ether oxygens (including phenoxy) is 1. The Labute approximate surface area is 107 Å². The predicted molar refractivity (Wildman–Crippen MR) is 65.4 cm³/mol. The smallest absolute Gasteiger partial charge is 0.304 e. The Morgan fingerprint density at radius 2 is 2.11 bits per heavy atom. The summed E-state index contributed by atoms with van der Waals surface area (Å²) in [6, 6.07) is -0.112. The molecule has 0 saturated heterocycles. The van der Waals surface area contributed by atoms with E-state index in [4.69, 9.17) is 9.84 Å². The normalized spacial score (nSPS) is 23.9. The van der Waals surface area contributed by atoms with Crippen LogP contribution in [0.2, 0.25) is 0 Å². The van der Waals surface area contributed by atoms with Gasteiger partial charge in [0.2, 0.25) is 0 Å². The lowest BCUT2D eigenvalue weighted by molar-refractivity contribution is -0.137. The average Bonchev–Trinajstić information content (AvgIpc) is 2.22. The van der Waals surface area contributed by atoms with E-state index in [1.54, 1.807) is 0 Å². The van der Waals surface area contributed by atoms with Crippen molar-refractivity contribution in [3.05, 3.63) is 0 Å². The summed E-state index contributed by atoms with van der Waals surface area (Å²) >= 11 is 0. The van der Waals surface area contributed by atoms with E-state index in [1.165, 1.54) is 7.05 Å². The van der Waals surface area contributed by atoms with E-state index in [0.29, 0.717) is 19.4 Å². The highest BCUT2D eigenvalue weighted by Crippen LogP contribution is 2.24. The third kappa shape index (κ3) is 4.52. The summed E-state index contributed by atoms with van der Waals surface area (Å²) in [5, 5.41) is 8.50. The van der Waals surface area contributed by atoms with Crippen molar-refractivity contribution >= 4 is 16.2 Å². The molecule has 0 spiro atoms. The molecule has 8 heteroatoms. The summed E-state index contributed by atoms with van der Waals surface area (Å²) in [6.45, 7) is 2.49. The second kappa shape index (κ2) is 6.46. The first-order valence-corrected chi connectivity index (χ1v) is 7.36. The third-order valence-corrected chi connectivity index (χ3v) is 4.50. The minimum atomic E-state index is -3.59. The van der Waals surface area contributed by atoms with E-state index in [1.807, 2.05) is 6.92 Å². The number of carboxylic acid groups (broad SMARTS) is 1. The Morgan fingerprint density at radius 1 is 1.50 bits per heavy atom. The number of nitrogens with one attached hydrogen (secondary N) is 1. The van der Waals surface area contributed by atoms with E-state index in [0.717, 1.165) is 4.31 Å². The highest BCUT2D eigenvalue weighted by atomic mass is 32.2. The minimum Gasteiger partial charge on any atom is -0.481 e. The third-order valence-electron chi connectivity index (χ3n) is 2.86. The number of carbonyl (C=O) groups is 1. The fourth-order valence-corrected chi connectivity index (χ4v) is 2.83. The van der Waals surface area contributed by atoms with E-state index in [9.17, 15) is 13.2 Å². The molecule has 7 nitrogen and oxygen atoms in total. The zero-order valence-electron chi connectivity index (χ0n) is 10.6. The molecule has 1 rings (SSSR count). The molecule has 2 N–H and O–H groups in total. The summed E-state index contributed by atoms with van der Waals surface area (Å²) < 4.78 is 32.5. The molecule has 0 aromatic heterocycles. The molecule has 0 radical (unpaired) electrons. The molecular weight excluding hydrogens is 260 g/mol. The van der Waals surface area contributed by atoms with E-state index in [-0.39, 0.29) is 25.1 Å². The van der Waals surface area contributed by atoms with E-state index < -0.39 is 16.2 Å². The monoisotopic (exact) mass is 280 g/mol. The van der Waals surface area contributed by atoms with Crippen molar-refractivity contribution in [3.63, 3.8) is 0 Å². The van der Waals surface area contributed by atoms with Crippen molar-refractivity contribution in [3.8, 4) is 0 Å². The molecule has 0 heterocycles. The molecule has 0 bridgehead atoms. The van der Waals surface area contributed by atoms with Crippen LogP contribution in [0.3, 0.4) is 0 Å². The fraction of sp³-hybridized carbons (Fsp3) is 0.900. The van der Waals surface area contributed by atoms with Crippen molar-refractivity contribution < 1.29 is 23.1 Å². The van der Waals surface area contributed by atoms with E-state index >= 15 is 0 Å². The second-order valence-electron chi connectivity index (χ2n) is 4.33. The van der Waals surface area contributed by atoms with Gasteiger partial charge in [-0.2, -0.15) is 17.4 Å². The molecule has 0 aliphatic heterocycles. The Hall–Kier alpha value is -0.700. The lowest BCUT2D eigenvalue weighted by Crippen LogP contribution is -2.51. The maximum atomic E-state index is 11.8.